The highest BCUT2D eigenvalue weighted by molar-refractivity contribution is 5.97. The fraction of sp³-hybridized carbons (Fsp3) is 0.462. The van der Waals surface area contributed by atoms with E-state index >= 15 is 0 Å². The zero-order chi connectivity index (χ0) is 22.3. The molecule has 0 fully saturated rings. The molecule has 0 bridgehead atoms. The largest absolute Gasteiger partial charge is 0.507 e. The van der Waals surface area contributed by atoms with Crippen molar-refractivity contribution < 1.29 is 24.2 Å². The van der Waals surface area contributed by atoms with Gasteiger partial charge in [-0.3, -0.25) is 0 Å². The number of carbonyl (C=O) groups excluding carboxylic acids is 2. The molecule has 5 heteroatoms. The van der Waals surface area contributed by atoms with E-state index in [2.05, 4.69) is 6.92 Å². The molecule has 31 heavy (non-hydrogen) atoms. The Balaban J connectivity index is 1.72. The molecule has 0 aliphatic rings. The van der Waals surface area contributed by atoms with Crippen molar-refractivity contribution in [2.24, 2.45) is 0 Å². The molecule has 0 atom stereocenters. The van der Waals surface area contributed by atoms with Gasteiger partial charge in [0.2, 0.25) is 0 Å². The lowest BCUT2D eigenvalue weighted by Gasteiger charge is -2.10. The Bertz CT molecular complexity index is 815. The Hall–Kier alpha value is -2.82. The number of para-hydroxylation sites is 2. The van der Waals surface area contributed by atoms with Gasteiger partial charge in [0, 0.05) is 0 Å². The van der Waals surface area contributed by atoms with Crippen molar-refractivity contribution in [1.82, 2.24) is 0 Å². The van der Waals surface area contributed by atoms with Crippen molar-refractivity contribution >= 4 is 11.9 Å². The topological polar surface area (TPSA) is 72.8 Å². The molecule has 0 aromatic heterocycles. The van der Waals surface area contributed by atoms with Crippen LogP contribution in [0.1, 0.15) is 91.8 Å². The van der Waals surface area contributed by atoms with Crippen LogP contribution in [-0.2, 0) is 4.74 Å². The molecule has 0 saturated carbocycles. The van der Waals surface area contributed by atoms with Crippen molar-refractivity contribution in [3.63, 3.8) is 0 Å². The maximum Gasteiger partial charge on any atom is 0.347 e. The quantitative estimate of drug-likeness (QED) is 0.207. The molecule has 2 rings (SSSR count). The van der Waals surface area contributed by atoms with Crippen molar-refractivity contribution in [3.8, 4) is 11.5 Å². The number of benzene rings is 2. The van der Waals surface area contributed by atoms with Crippen molar-refractivity contribution in [2.45, 2.75) is 71.1 Å². The number of carbonyl (C=O) groups is 2. The molecule has 5 nitrogen and oxygen atoms in total. The molecule has 0 saturated heterocycles. The Morgan fingerprint density at radius 1 is 0.710 bits per heavy atom. The zero-order valence-corrected chi connectivity index (χ0v) is 18.5. The van der Waals surface area contributed by atoms with Crippen LogP contribution in [0.3, 0.4) is 0 Å². The molecule has 168 valence electrons. The normalized spacial score (nSPS) is 10.6. The Kier molecular flexibility index (Phi) is 11.2. The second-order valence-electron chi connectivity index (χ2n) is 7.72. The van der Waals surface area contributed by atoms with Crippen molar-refractivity contribution in [3.05, 3.63) is 59.7 Å². The highest BCUT2D eigenvalue weighted by Gasteiger charge is 2.18. The summed E-state index contributed by atoms with van der Waals surface area (Å²) in [5.74, 6) is -1.30. The van der Waals surface area contributed by atoms with E-state index in [4.69, 9.17) is 9.47 Å². The van der Waals surface area contributed by atoms with Gasteiger partial charge in [-0.25, -0.2) is 9.59 Å². The average Bonchev–Trinajstić information content (AvgIpc) is 2.78. The number of rotatable bonds is 14. The number of aromatic hydroxyl groups is 1. The molecular weight excluding hydrogens is 392 g/mol. The molecule has 0 spiro atoms. The van der Waals surface area contributed by atoms with Crippen LogP contribution < -0.4 is 4.74 Å². The van der Waals surface area contributed by atoms with E-state index in [-0.39, 0.29) is 22.6 Å². The highest BCUT2D eigenvalue weighted by Crippen LogP contribution is 2.23. The standard InChI is InChI=1S/C26H34O5/c1-2-3-4-5-6-7-8-9-10-15-20-30-25(28)22-17-12-14-19-24(22)31-26(29)21-16-11-13-18-23(21)27/h11-14,16-19,27H,2-10,15,20H2,1H3. The molecule has 0 unspecified atom stereocenters. The molecule has 0 heterocycles. The number of unbranched alkanes of at least 4 members (excludes halogenated alkanes) is 9. The van der Waals surface area contributed by atoms with Crippen LogP contribution in [0.15, 0.2) is 48.5 Å². The van der Waals surface area contributed by atoms with Gasteiger partial charge in [0.05, 0.1) is 6.61 Å². The van der Waals surface area contributed by atoms with Gasteiger partial charge < -0.3 is 14.6 Å². The summed E-state index contributed by atoms with van der Waals surface area (Å²) in [4.78, 5) is 24.8. The third-order valence-electron chi connectivity index (χ3n) is 5.16. The number of esters is 2. The van der Waals surface area contributed by atoms with E-state index in [0.717, 1.165) is 19.3 Å². The Labute approximate surface area is 185 Å². The van der Waals surface area contributed by atoms with E-state index in [1.54, 1.807) is 30.3 Å². The first kappa shape index (κ1) is 24.4. The van der Waals surface area contributed by atoms with Gasteiger partial charge in [0.1, 0.15) is 22.6 Å². The first-order chi connectivity index (χ1) is 15.1. The number of hydrogen-bond acceptors (Lipinski definition) is 5. The predicted octanol–water partition coefficient (Wildman–Crippen LogP) is 6.69. The van der Waals surface area contributed by atoms with E-state index in [1.807, 2.05) is 0 Å². The molecule has 2 aromatic rings. The van der Waals surface area contributed by atoms with Gasteiger partial charge in [-0.1, -0.05) is 89.0 Å². The molecular formula is C26H34O5. The maximum absolute atomic E-state index is 12.4. The third kappa shape index (κ3) is 8.83. The minimum Gasteiger partial charge on any atom is -0.507 e. The van der Waals surface area contributed by atoms with Gasteiger partial charge in [-0.15, -0.1) is 0 Å². The van der Waals surface area contributed by atoms with E-state index in [0.29, 0.717) is 6.61 Å². The lowest BCUT2D eigenvalue weighted by molar-refractivity contribution is 0.0492. The summed E-state index contributed by atoms with van der Waals surface area (Å²) >= 11 is 0. The highest BCUT2D eigenvalue weighted by atomic mass is 16.5. The molecule has 0 radical (unpaired) electrons. The first-order valence-corrected chi connectivity index (χ1v) is 11.4. The second-order valence-corrected chi connectivity index (χ2v) is 7.72. The predicted molar refractivity (Wildman–Crippen MR) is 122 cm³/mol. The van der Waals surface area contributed by atoms with Crippen LogP contribution in [0.4, 0.5) is 0 Å². The van der Waals surface area contributed by atoms with Crippen LogP contribution in [0.5, 0.6) is 11.5 Å². The van der Waals surface area contributed by atoms with Crippen LogP contribution >= 0.6 is 0 Å². The second kappa shape index (κ2) is 14.2. The SMILES string of the molecule is CCCCCCCCCCCCOC(=O)c1ccccc1OC(=O)c1ccccc1O. The minimum atomic E-state index is -0.729. The average molecular weight is 427 g/mol. The van der Waals surface area contributed by atoms with Crippen molar-refractivity contribution in [1.29, 1.82) is 0 Å². The monoisotopic (exact) mass is 426 g/mol. The fourth-order valence-corrected chi connectivity index (χ4v) is 3.36. The van der Waals surface area contributed by atoms with Crippen LogP contribution in [0, 0.1) is 0 Å². The van der Waals surface area contributed by atoms with Gasteiger partial charge in [0.15, 0.2) is 0 Å². The van der Waals surface area contributed by atoms with E-state index in [9.17, 15) is 14.7 Å². The van der Waals surface area contributed by atoms with Crippen LogP contribution in [0.25, 0.3) is 0 Å². The summed E-state index contributed by atoms with van der Waals surface area (Å²) in [7, 11) is 0. The van der Waals surface area contributed by atoms with Gasteiger partial charge in [-0.05, 0) is 30.7 Å². The Morgan fingerprint density at radius 3 is 1.90 bits per heavy atom. The summed E-state index contributed by atoms with van der Waals surface area (Å²) in [6.45, 7) is 2.57. The smallest absolute Gasteiger partial charge is 0.347 e. The lowest BCUT2D eigenvalue weighted by atomic mass is 10.1. The van der Waals surface area contributed by atoms with E-state index < -0.39 is 11.9 Å². The fourth-order valence-electron chi connectivity index (χ4n) is 3.36. The molecule has 0 amide bonds. The maximum atomic E-state index is 12.4. The molecule has 0 aliphatic heterocycles. The summed E-state index contributed by atoms with van der Waals surface area (Å²) in [5, 5.41) is 9.81. The van der Waals surface area contributed by atoms with Crippen LogP contribution in [0.2, 0.25) is 0 Å². The number of ether oxygens (including phenoxy) is 2. The van der Waals surface area contributed by atoms with E-state index in [1.165, 1.54) is 63.1 Å². The number of phenols is 1. The molecule has 1 N–H and O–H groups in total. The number of hydrogen-bond donors (Lipinski definition) is 1. The van der Waals surface area contributed by atoms with Crippen molar-refractivity contribution in [2.75, 3.05) is 6.61 Å². The zero-order valence-electron chi connectivity index (χ0n) is 18.5. The van der Waals surface area contributed by atoms with Crippen LogP contribution in [-0.4, -0.2) is 23.7 Å². The first-order valence-electron chi connectivity index (χ1n) is 11.4. The minimum absolute atomic E-state index is 0.0380. The molecule has 0 aliphatic carbocycles. The lowest BCUT2D eigenvalue weighted by Crippen LogP contribution is -2.13. The summed E-state index contributed by atoms with van der Waals surface area (Å²) in [6, 6.07) is 12.6. The third-order valence-corrected chi connectivity index (χ3v) is 5.16. The number of phenolic OH excluding ortho intramolecular Hbond substituents is 1. The summed E-state index contributed by atoms with van der Waals surface area (Å²) in [6.07, 6.45) is 12.1. The van der Waals surface area contributed by atoms with Gasteiger partial charge in [0.25, 0.3) is 0 Å². The Morgan fingerprint density at radius 2 is 1.26 bits per heavy atom. The summed E-state index contributed by atoms with van der Waals surface area (Å²) in [5.41, 5.74) is 0.231. The van der Waals surface area contributed by atoms with Gasteiger partial charge in [-0.2, -0.15) is 0 Å². The van der Waals surface area contributed by atoms with Gasteiger partial charge >= 0.3 is 11.9 Å². The summed E-state index contributed by atoms with van der Waals surface area (Å²) < 4.78 is 10.7. The molecule has 2 aromatic carbocycles.